The zero-order valence-electron chi connectivity index (χ0n) is 10.8. The number of carboxylic acids is 1. The van der Waals surface area contributed by atoms with Crippen molar-refractivity contribution in [1.82, 2.24) is 0 Å². The number of carbonyl (C=O) groups excluding carboxylic acids is 1. The van der Waals surface area contributed by atoms with Gasteiger partial charge in [-0.25, -0.2) is 0 Å². The first-order valence-corrected chi connectivity index (χ1v) is 7.26. The molecule has 1 aromatic carbocycles. The number of benzene rings is 1. The molecule has 0 saturated carbocycles. The Bertz CT molecular complexity index is 489. The summed E-state index contributed by atoms with van der Waals surface area (Å²) >= 11 is 1.45. The second-order valence-electron chi connectivity index (χ2n) is 4.72. The maximum absolute atomic E-state index is 12.1. The lowest BCUT2D eigenvalue weighted by Gasteiger charge is -2.16. The minimum absolute atomic E-state index is 0.0211. The van der Waals surface area contributed by atoms with Gasteiger partial charge in [0.25, 0.3) is 0 Å². The zero-order chi connectivity index (χ0) is 13.8. The minimum atomic E-state index is -0.822. The second-order valence-corrected chi connectivity index (χ2v) is 6.36. The van der Waals surface area contributed by atoms with Crippen LogP contribution in [0.15, 0.2) is 24.3 Å². The van der Waals surface area contributed by atoms with Crippen molar-refractivity contribution in [3.8, 4) is 0 Å². The number of hydrogen-bond donors (Lipinski definition) is 2. The Kier molecular flexibility index (Phi) is 4.47. The summed E-state index contributed by atoms with van der Waals surface area (Å²) in [7, 11) is 0. The van der Waals surface area contributed by atoms with Crippen molar-refractivity contribution in [3.05, 3.63) is 29.8 Å². The summed E-state index contributed by atoms with van der Waals surface area (Å²) in [6, 6.07) is 7.79. The monoisotopic (exact) mass is 279 g/mol. The van der Waals surface area contributed by atoms with E-state index in [1.54, 1.807) is 0 Å². The van der Waals surface area contributed by atoms with Crippen molar-refractivity contribution < 1.29 is 14.7 Å². The van der Waals surface area contributed by atoms with E-state index < -0.39 is 5.97 Å². The normalized spacial score (nSPS) is 20.1. The fourth-order valence-corrected chi connectivity index (χ4v) is 3.43. The number of anilines is 1. The number of aryl methyl sites for hydroxylation is 1. The number of amides is 1. The molecular formula is C14H17NO3S. The van der Waals surface area contributed by atoms with Gasteiger partial charge >= 0.3 is 5.97 Å². The molecule has 102 valence electrons. The van der Waals surface area contributed by atoms with Crippen LogP contribution in [0, 0.1) is 0 Å². The Morgan fingerprint density at radius 3 is 3.00 bits per heavy atom. The number of fused-ring (bicyclic) bond motifs is 1. The Balaban J connectivity index is 2.02. The number of nitrogens with one attached hydrogen (secondary N) is 1. The van der Waals surface area contributed by atoms with Crippen LogP contribution in [0.3, 0.4) is 0 Å². The maximum Gasteiger partial charge on any atom is 0.304 e. The lowest BCUT2D eigenvalue weighted by atomic mass is 10.1. The topological polar surface area (TPSA) is 66.4 Å². The summed E-state index contributed by atoms with van der Waals surface area (Å²) in [5.41, 5.74) is 2.02. The van der Waals surface area contributed by atoms with Crippen molar-refractivity contribution in [2.75, 3.05) is 5.32 Å². The van der Waals surface area contributed by atoms with Gasteiger partial charge in [-0.15, -0.1) is 11.8 Å². The van der Waals surface area contributed by atoms with Gasteiger partial charge in [0.15, 0.2) is 0 Å². The number of hydrogen-bond acceptors (Lipinski definition) is 3. The fourth-order valence-electron chi connectivity index (χ4n) is 2.20. The fraction of sp³-hybridized carbons (Fsp3) is 0.429. The van der Waals surface area contributed by atoms with E-state index in [2.05, 4.69) is 5.32 Å². The summed E-state index contributed by atoms with van der Waals surface area (Å²) in [6.07, 6.45) is 1.67. The van der Waals surface area contributed by atoms with E-state index in [0.29, 0.717) is 0 Å². The van der Waals surface area contributed by atoms with Crippen LogP contribution in [0.25, 0.3) is 0 Å². The summed E-state index contributed by atoms with van der Waals surface area (Å²) in [6.45, 7) is 1.85. The molecular weight excluding hydrogens is 262 g/mol. The molecule has 0 spiro atoms. The Morgan fingerprint density at radius 2 is 2.26 bits per heavy atom. The van der Waals surface area contributed by atoms with Crippen molar-refractivity contribution in [3.63, 3.8) is 0 Å². The number of aliphatic carboxylic acids is 1. The molecule has 0 fully saturated rings. The van der Waals surface area contributed by atoms with Gasteiger partial charge in [-0.05, 0) is 24.5 Å². The van der Waals surface area contributed by atoms with Gasteiger partial charge in [0, 0.05) is 10.9 Å². The molecule has 0 aromatic heterocycles. The molecule has 1 heterocycles. The first-order chi connectivity index (χ1) is 9.06. The molecule has 19 heavy (non-hydrogen) atoms. The molecule has 0 radical (unpaired) electrons. The Labute approximate surface area is 116 Å². The molecule has 0 bridgehead atoms. The summed E-state index contributed by atoms with van der Waals surface area (Å²) in [4.78, 5) is 22.8. The van der Waals surface area contributed by atoms with Crippen LogP contribution < -0.4 is 5.32 Å². The van der Waals surface area contributed by atoms with E-state index in [1.165, 1.54) is 11.8 Å². The van der Waals surface area contributed by atoms with Gasteiger partial charge in [-0.1, -0.05) is 25.1 Å². The first-order valence-electron chi connectivity index (χ1n) is 6.32. The summed E-state index contributed by atoms with van der Waals surface area (Å²) in [5.74, 6) is -0.843. The maximum atomic E-state index is 12.1. The van der Waals surface area contributed by atoms with Gasteiger partial charge in [0.1, 0.15) is 0 Å². The number of para-hydroxylation sites is 1. The lowest BCUT2D eigenvalue weighted by Crippen LogP contribution is -2.26. The van der Waals surface area contributed by atoms with Crippen molar-refractivity contribution in [2.45, 2.75) is 36.7 Å². The van der Waals surface area contributed by atoms with E-state index in [9.17, 15) is 9.59 Å². The molecule has 2 atom stereocenters. The second kappa shape index (κ2) is 6.10. The van der Waals surface area contributed by atoms with Crippen molar-refractivity contribution in [1.29, 1.82) is 0 Å². The van der Waals surface area contributed by atoms with Crippen LogP contribution in [0.4, 0.5) is 5.69 Å². The molecule has 0 aliphatic carbocycles. The third-order valence-electron chi connectivity index (χ3n) is 3.10. The molecule has 4 nitrogen and oxygen atoms in total. The summed E-state index contributed by atoms with van der Waals surface area (Å²) in [5, 5.41) is 11.4. The third kappa shape index (κ3) is 3.73. The van der Waals surface area contributed by atoms with E-state index in [4.69, 9.17) is 5.11 Å². The first kappa shape index (κ1) is 13.9. The highest BCUT2D eigenvalue weighted by atomic mass is 32.2. The molecule has 0 saturated heterocycles. The Hall–Kier alpha value is -1.49. The van der Waals surface area contributed by atoms with Crippen LogP contribution in [-0.2, 0) is 16.0 Å². The Morgan fingerprint density at radius 1 is 1.53 bits per heavy atom. The molecule has 1 aliphatic rings. The van der Waals surface area contributed by atoms with Crippen molar-refractivity contribution in [2.24, 2.45) is 0 Å². The molecule has 2 N–H and O–H groups in total. The summed E-state index contributed by atoms with van der Waals surface area (Å²) < 4.78 is 0. The predicted octanol–water partition coefficient (Wildman–Crippen LogP) is 2.54. The quantitative estimate of drug-likeness (QED) is 0.889. The largest absolute Gasteiger partial charge is 0.481 e. The zero-order valence-corrected chi connectivity index (χ0v) is 11.6. The van der Waals surface area contributed by atoms with Crippen LogP contribution in [0.5, 0.6) is 0 Å². The SMILES string of the molecule is CC(CC(=O)O)SC1CCc2ccccc2NC1=O. The van der Waals surface area contributed by atoms with Crippen LogP contribution in [0.2, 0.25) is 0 Å². The molecule has 1 aliphatic heterocycles. The van der Waals surface area contributed by atoms with Gasteiger partial charge in [-0.3, -0.25) is 9.59 Å². The molecule has 5 heteroatoms. The minimum Gasteiger partial charge on any atom is -0.481 e. The standard InChI is InChI=1S/C14H17NO3S/c1-9(8-13(16)17)19-12-7-6-10-4-2-3-5-11(10)15-14(12)18/h2-5,9,12H,6-8H2,1H3,(H,15,18)(H,16,17). The highest BCUT2D eigenvalue weighted by Crippen LogP contribution is 2.30. The predicted molar refractivity (Wildman–Crippen MR) is 76.5 cm³/mol. The van der Waals surface area contributed by atoms with Gasteiger partial charge < -0.3 is 10.4 Å². The van der Waals surface area contributed by atoms with Crippen LogP contribution >= 0.6 is 11.8 Å². The van der Waals surface area contributed by atoms with E-state index in [-0.39, 0.29) is 22.8 Å². The van der Waals surface area contributed by atoms with Gasteiger partial charge in [0.05, 0.1) is 11.7 Å². The van der Waals surface area contributed by atoms with Gasteiger partial charge in [0.2, 0.25) is 5.91 Å². The molecule has 1 amide bonds. The number of carboxylic acid groups (broad SMARTS) is 1. The molecule has 1 aromatic rings. The smallest absolute Gasteiger partial charge is 0.304 e. The van der Waals surface area contributed by atoms with E-state index in [1.807, 2.05) is 31.2 Å². The number of carbonyl (C=O) groups is 2. The highest BCUT2D eigenvalue weighted by molar-refractivity contribution is 8.01. The number of rotatable bonds is 4. The average Bonchev–Trinajstić information content (AvgIpc) is 2.48. The van der Waals surface area contributed by atoms with Crippen molar-refractivity contribution >= 4 is 29.3 Å². The third-order valence-corrected chi connectivity index (χ3v) is 4.51. The average molecular weight is 279 g/mol. The van der Waals surface area contributed by atoms with Crippen LogP contribution in [0.1, 0.15) is 25.3 Å². The number of thioether (sulfide) groups is 1. The highest BCUT2D eigenvalue weighted by Gasteiger charge is 2.26. The molecule has 2 unspecified atom stereocenters. The van der Waals surface area contributed by atoms with Gasteiger partial charge in [-0.2, -0.15) is 0 Å². The van der Waals surface area contributed by atoms with Crippen LogP contribution in [-0.4, -0.2) is 27.5 Å². The lowest BCUT2D eigenvalue weighted by molar-refractivity contribution is -0.136. The molecule has 2 rings (SSSR count). The van der Waals surface area contributed by atoms with E-state index in [0.717, 1.165) is 24.1 Å². The van der Waals surface area contributed by atoms with E-state index >= 15 is 0 Å².